The van der Waals surface area contributed by atoms with E-state index in [-0.39, 0.29) is 24.8 Å². The Bertz CT molecular complexity index is 620. The number of quaternary nitrogens is 2. The van der Waals surface area contributed by atoms with E-state index in [2.05, 4.69) is 28.2 Å². The van der Waals surface area contributed by atoms with Crippen molar-refractivity contribution in [3.63, 3.8) is 0 Å². The summed E-state index contributed by atoms with van der Waals surface area (Å²) in [5.41, 5.74) is 0. The Morgan fingerprint density at radius 2 is 0.868 bits per heavy atom. The highest BCUT2D eigenvalue weighted by Gasteiger charge is 2.38. The van der Waals surface area contributed by atoms with Crippen molar-refractivity contribution in [3.05, 3.63) is 0 Å². The minimum Gasteiger partial charge on any atom is -0.387 e. The van der Waals surface area contributed by atoms with Crippen LogP contribution in [0.5, 0.6) is 0 Å². The zero-order valence-electron chi connectivity index (χ0n) is 24.8. The van der Waals surface area contributed by atoms with Crippen LogP contribution in [0.25, 0.3) is 0 Å². The van der Waals surface area contributed by atoms with Crippen molar-refractivity contribution in [1.82, 2.24) is 0 Å². The second-order valence-electron chi connectivity index (χ2n) is 14.1. The van der Waals surface area contributed by atoms with Crippen molar-refractivity contribution in [2.45, 2.75) is 89.0 Å². The number of hydrogen-bond donors (Lipinski definition) is 2. The summed E-state index contributed by atoms with van der Waals surface area (Å²) < 4.78 is 24.5. The third kappa shape index (κ3) is 9.37. The molecule has 2 unspecified atom stereocenters. The van der Waals surface area contributed by atoms with E-state index in [0.717, 1.165) is 112 Å². The van der Waals surface area contributed by atoms with E-state index in [4.69, 9.17) is 18.9 Å². The van der Waals surface area contributed by atoms with Crippen LogP contribution >= 0.6 is 0 Å². The van der Waals surface area contributed by atoms with Gasteiger partial charge in [-0.25, -0.2) is 0 Å². The minimum atomic E-state index is -0.258. The van der Waals surface area contributed by atoms with Gasteiger partial charge in [-0.05, 0) is 87.9 Å². The molecule has 4 fully saturated rings. The average molecular weight is 543 g/mol. The van der Waals surface area contributed by atoms with E-state index in [0.29, 0.717) is 11.8 Å². The maximum atomic E-state index is 11.1. The molecule has 0 radical (unpaired) electrons. The van der Waals surface area contributed by atoms with Crippen LogP contribution in [0, 0.1) is 23.7 Å². The zero-order chi connectivity index (χ0) is 27.2. The molecule has 38 heavy (non-hydrogen) atoms. The Balaban J connectivity index is 1.14. The molecule has 8 nitrogen and oxygen atoms in total. The molecule has 0 bridgehead atoms. The van der Waals surface area contributed by atoms with Crippen LogP contribution in [0.4, 0.5) is 0 Å². The number of hydrogen-bond acceptors (Lipinski definition) is 6. The second kappa shape index (κ2) is 14.0. The predicted molar refractivity (Wildman–Crippen MR) is 147 cm³/mol. The molecule has 4 rings (SSSR count). The summed E-state index contributed by atoms with van der Waals surface area (Å²) in [4.78, 5) is 0. The number of aliphatic hydroxyl groups is 2. The first-order valence-electron chi connectivity index (χ1n) is 15.6. The van der Waals surface area contributed by atoms with Crippen molar-refractivity contribution in [1.29, 1.82) is 0 Å². The van der Waals surface area contributed by atoms with Gasteiger partial charge in [0.15, 0.2) is 0 Å². The van der Waals surface area contributed by atoms with E-state index in [9.17, 15) is 10.2 Å². The molecule has 8 heteroatoms. The maximum absolute atomic E-state index is 11.1. The van der Waals surface area contributed by atoms with Gasteiger partial charge in [0.1, 0.15) is 38.4 Å². The number of nitrogens with zero attached hydrogens (tertiary/aromatic N) is 2. The lowest BCUT2D eigenvalue weighted by Gasteiger charge is -2.42. The summed E-state index contributed by atoms with van der Waals surface area (Å²) in [5.74, 6) is 2.39. The molecule has 0 amide bonds. The van der Waals surface area contributed by atoms with E-state index in [1.165, 1.54) is 25.7 Å². The quantitative estimate of drug-likeness (QED) is 0.391. The lowest BCUT2D eigenvalue weighted by molar-refractivity contribution is -0.900. The average Bonchev–Trinajstić information content (AvgIpc) is 2.89. The molecule has 2 heterocycles. The normalized spacial score (nSPS) is 32.7. The molecule has 2 aliphatic carbocycles. The van der Waals surface area contributed by atoms with Gasteiger partial charge in [0.2, 0.25) is 12.6 Å². The van der Waals surface area contributed by atoms with Crippen LogP contribution < -0.4 is 0 Å². The molecule has 2 atom stereocenters. The Kier molecular flexibility index (Phi) is 11.3. The first-order chi connectivity index (χ1) is 18.1. The van der Waals surface area contributed by atoms with Crippen LogP contribution in [0.1, 0.15) is 64.2 Å². The van der Waals surface area contributed by atoms with Crippen molar-refractivity contribution in [2.24, 2.45) is 23.7 Å². The van der Waals surface area contributed by atoms with Gasteiger partial charge >= 0.3 is 0 Å². The predicted octanol–water partition coefficient (Wildman–Crippen LogP) is 3.00. The second-order valence-corrected chi connectivity index (χ2v) is 14.1. The Hall–Kier alpha value is -0.320. The van der Waals surface area contributed by atoms with Crippen LogP contribution in [0.2, 0.25) is 0 Å². The third-order valence-electron chi connectivity index (χ3n) is 9.83. The van der Waals surface area contributed by atoms with E-state index in [1.807, 2.05) is 0 Å². The maximum Gasteiger partial charge on any atom is 0.207 e. The first-order valence-corrected chi connectivity index (χ1v) is 15.6. The van der Waals surface area contributed by atoms with Crippen LogP contribution in [0.3, 0.4) is 0 Å². The SMILES string of the molecule is C[N+](C)(CC1OCCCO1)CC(O)C1CCC(C2CCC(C(O)C[N+](C)(C)CC3OCCCO3)CC2)CC1. The van der Waals surface area contributed by atoms with E-state index in [1.54, 1.807) is 0 Å². The fraction of sp³-hybridized carbons (Fsp3) is 1.00. The van der Waals surface area contributed by atoms with E-state index >= 15 is 0 Å². The topological polar surface area (TPSA) is 77.4 Å². The van der Waals surface area contributed by atoms with Crippen LogP contribution in [-0.2, 0) is 18.9 Å². The molecule has 2 N–H and O–H groups in total. The molecule has 2 saturated carbocycles. The molecule has 0 aromatic heterocycles. The zero-order valence-corrected chi connectivity index (χ0v) is 24.8. The number of likely N-dealkylation sites (N-methyl/N-ethyl adjacent to an activating group) is 2. The van der Waals surface area contributed by atoms with Gasteiger partial charge < -0.3 is 38.1 Å². The molecular formula is C30H58N2O6+2. The van der Waals surface area contributed by atoms with Crippen molar-refractivity contribution >= 4 is 0 Å². The Labute approximate surface area is 231 Å². The minimum absolute atomic E-state index is 0.139. The van der Waals surface area contributed by atoms with Gasteiger partial charge in [0, 0.05) is 0 Å². The van der Waals surface area contributed by atoms with Crippen LogP contribution in [-0.4, -0.2) is 125 Å². The standard InChI is InChI=1S/C30H58N2O6/c1-31(2,21-29-35-15-5-16-36-29)19-27(33)25-11-7-23(8-12-25)24-9-13-26(14-10-24)28(34)20-32(3,4)22-30-37-17-6-18-38-30/h23-30,33-34H,5-22H2,1-4H3/q+2. The molecule has 222 valence electrons. The molecule has 0 aromatic carbocycles. The highest BCUT2D eigenvalue weighted by atomic mass is 16.7. The Morgan fingerprint density at radius 3 is 1.18 bits per heavy atom. The molecule has 0 aromatic rings. The molecule has 2 saturated heterocycles. The smallest absolute Gasteiger partial charge is 0.207 e. The van der Waals surface area contributed by atoms with Crippen molar-refractivity contribution in [3.8, 4) is 0 Å². The largest absolute Gasteiger partial charge is 0.387 e. The molecular weight excluding hydrogens is 484 g/mol. The van der Waals surface area contributed by atoms with Gasteiger partial charge in [-0.3, -0.25) is 0 Å². The molecule has 2 aliphatic heterocycles. The van der Waals surface area contributed by atoms with Gasteiger partial charge in [0.05, 0.1) is 54.6 Å². The van der Waals surface area contributed by atoms with Crippen LogP contribution in [0.15, 0.2) is 0 Å². The summed E-state index contributed by atoms with van der Waals surface area (Å²) in [5, 5.41) is 22.2. The number of rotatable bonds is 11. The fourth-order valence-electron chi connectivity index (χ4n) is 7.55. The van der Waals surface area contributed by atoms with Crippen molar-refractivity contribution < 1.29 is 38.1 Å². The third-order valence-corrected chi connectivity index (χ3v) is 9.83. The summed E-state index contributed by atoms with van der Waals surface area (Å²) in [6, 6.07) is 0. The highest BCUT2D eigenvalue weighted by molar-refractivity contribution is 4.85. The van der Waals surface area contributed by atoms with Gasteiger partial charge in [-0.1, -0.05) is 0 Å². The first kappa shape index (κ1) is 30.6. The number of ether oxygens (including phenoxy) is 4. The summed E-state index contributed by atoms with van der Waals surface area (Å²) in [6.07, 6.45) is 10.7. The van der Waals surface area contributed by atoms with E-state index < -0.39 is 0 Å². The molecule has 4 aliphatic rings. The summed E-state index contributed by atoms with van der Waals surface area (Å²) >= 11 is 0. The lowest BCUT2D eigenvalue weighted by atomic mass is 9.68. The highest BCUT2D eigenvalue weighted by Crippen LogP contribution is 2.43. The Morgan fingerprint density at radius 1 is 0.553 bits per heavy atom. The molecule has 0 spiro atoms. The van der Waals surface area contributed by atoms with Crippen molar-refractivity contribution in [2.75, 3.05) is 80.8 Å². The van der Waals surface area contributed by atoms with Gasteiger partial charge in [-0.15, -0.1) is 0 Å². The summed E-state index contributed by atoms with van der Waals surface area (Å²) in [6.45, 7) is 6.21. The summed E-state index contributed by atoms with van der Waals surface area (Å²) in [7, 11) is 8.72. The monoisotopic (exact) mass is 542 g/mol. The fourth-order valence-corrected chi connectivity index (χ4v) is 7.55. The number of aliphatic hydroxyl groups excluding tert-OH is 2. The van der Waals surface area contributed by atoms with Gasteiger partial charge in [0.25, 0.3) is 0 Å². The van der Waals surface area contributed by atoms with Gasteiger partial charge in [-0.2, -0.15) is 0 Å². The lowest BCUT2D eigenvalue weighted by Crippen LogP contribution is -2.53.